The van der Waals surface area contributed by atoms with Gasteiger partial charge < -0.3 is 18.3 Å². The maximum atomic E-state index is 12.4. The van der Waals surface area contributed by atoms with Gasteiger partial charge >= 0.3 is 5.97 Å². The molecule has 4 aromatic rings. The third kappa shape index (κ3) is 3.37. The second kappa shape index (κ2) is 6.91. The van der Waals surface area contributed by atoms with Crippen molar-refractivity contribution in [2.24, 2.45) is 0 Å². The molecule has 0 saturated heterocycles. The summed E-state index contributed by atoms with van der Waals surface area (Å²) >= 11 is 0. The molecule has 0 aliphatic heterocycles. The quantitative estimate of drug-likeness (QED) is 0.503. The smallest absolute Gasteiger partial charge is 0.361 e. The second-order valence-electron chi connectivity index (χ2n) is 5.84. The molecule has 0 aliphatic carbocycles. The Bertz CT molecular complexity index is 1100. The number of hydrogen-bond donors (Lipinski definition) is 0. The third-order valence-electron chi connectivity index (χ3n) is 3.93. The van der Waals surface area contributed by atoms with Crippen LogP contribution in [0.4, 0.5) is 0 Å². The molecule has 3 heterocycles. The number of carbonyl (C=O) groups is 1. The van der Waals surface area contributed by atoms with Crippen molar-refractivity contribution in [3.05, 3.63) is 66.2 Å². The maximum absolute atomic E-state index is 12.4. The summed E-state index contributed by atoms with van der Waals surface area (Å²) in [5.41, 5.74) is 2.70. The number of carbonyl (C=O) groups excluding carboxylic acids is 1. The van der Waals surface area contributed by atoms with E-state index in [0.29, 0.717) is 17.2 Å². The molecule has 8 heteroatoms. The number of rotatable bonds is 5. The van der Waals surface area contributed by atoms with Gasteiger partial charge in [0, 0.05) is 24.2 Å². The van der Waals surface area contributed by atoms with Crippen molar-refractivity contribution >= 4 is 11.6 Å². The van der Waals surface area contributed by atoms with Crippen LogP contribution < -0.4 is 4.74 Å². The fourth-order valence-corrected chi connectivity index (χ4v) is 2.63. The summed E-state index contributed by atoms with van der Waals surface area (Å²) in [5.74, 6) is 0.614. The Hall–Kier alpha value is -3.68. The van der Waals surface area contributed by atoms with Gasteiger partial charge in [0.2, 0.25) is 5.89 Å². The van der Waals surface area contributed by atoms with Crippen LogP contribution in [0, 0.1) is 6.92 Å². The van der Waals surface area contributed by atoms with E-state index >= 15 is 0 Å². The summed E-state index contributed by atoms with van der Waals surface area (Å²) in [6.45, 7) is 1.82. The lowest BCUT2D eigenvalue weighted by Crippen LogP contribution is -2.09. The van der Waals surface area contributed by atoms with Gasteiger partial charge in [0.1, 0.15) is 24.3 Å². The number of fused-ring (bicyclic) bond motifs is 1. The zero-order valence-electron chi connectivity index (χ0n) is 14.7. The number of oxazole rings is 1. The number of aromatic nitrogens is 4. The highest BCUT2D eigenvalue weighted by atomic mass is 16.5. The minimum absolute atomic E-state index is 0.0269. The topological polar surface area (TPSA) is 91.8 Å². The highest BCUT2D eigenvalue weighted by Crippen LogP contribution is 2.22. The molecule has 27 heavy (non-hydrogen) atoms. The first kappa shape index (κ1) is 16.8. The van der Waals surface area contributed by atoms with Gasteiger partial charge in [-0.1, -0.05) is 0 Å². The predicted molar refractivity (Wildman–Crippen MR) is 95.3 cm³/mol. The van der Waals surface area contributed by atoms with Crippen LogP contribution in [0.5, 0.6) is 5.75 Å². The standard InChI is InChI=1S/C19H16N4O4/c1-12-9-23-8-7-20-16(17(23)21-12)19(24)27-11-14-10-26-18(22-14)13-3-5-15(25-2)6-4-13/h3-10H,11H2,1-2H3. The molecule has 0 radical (unpaired) electrons. The lowest BCUT2D eigenvalue weighted by molar-refractivity contribution is 0.0462. The predicted octanol–water partition coefficient (Wildman–Crippen LogP) is 3.06. The fourth-order valence-electron chi connectivity index (χ4n) is 2.63. The molecule has 0 spiro atoms. The Kier molecular flexibility index (Phi) is 4.29. The Morgan fingerprint density at radius 2 is 2.04 bits per heavy atom. The van der Waals surface area contributed by atoms with Gasteiger partial charge in [0.05, 0.1) is 12.8 Å². The van der Waals surface area contributed by atoms with E-state index in [9.17, 15) is 4.79 Å². The van der Waals surface area contributed by atoms with E-state index < -0.39 is 5.97 Å². The van der Waals surface area contributed by atoms with Crippen molar-refractivity contribution in [3.8, 4) is 17.2 Å². The fraction of sp³-hybridized carbons (Fsp3) is 0.158. The number of imidazole rings is 1. The summed E-state index contributed by atoms with van der Waals surface area (Å²) in [6.07, 6.45) is 6.53. The van der Waals surface area contributed by atoms with Crippen molar-refractivity contribution in [2.45, 2.75) is 13.5 Å². The Morgan fingerprint density at radius 1 is 1.22 bits per heavy atom. The van der Waals surface area contributed by atoms with Gasteiger partial charge in [0.15, 0.2) is 11.3 Å². The van der Waals surface area contributed by atoms with E-state index in [1.165, 1.54) is 12.5 Å². The van der Waals surface area contributed by atoms with Crippen LogP contribution in [0.25, 0.3) is 17.1 Å². The summed E-state index contributed by atoms with van der Waals surface area (Å²) in [7, 11) is 1.60. The van der Waals surface area contributed by atoms with E-state index in [0.717, 1.165) is 17.0 Å². The molecular formula is C19H16N4O4. The average molecular weight is 364 g/mol. The van der Waals surface area contributed by atoms with Crippen LogP contribution >= 0.6 is 0 Å². The van der Waals surface area contributed by atoms with E-state index in [1.54, 1.807) is 17.7 Å². The minimum atomic E-state index is -0.569. The number of methoxy groups -OCH3 is 1. The number of esters is 1. The molecule has 1 aromatic carbocycles. The number of ether oxygens (including phenoxy) is 2. The van der Waals surface area contributed by atoms with Crippen molar-refractivity contribution in [3.63, 3.8) is 0 Å². The molecule has 4 rings (SSSR count). The van der Waals surface area contributed by atoms with Crippen LogP contribution in [-0.4, -0.2) is 32.4 Å². The molecule has 0 aliphatic rings. The lowest BCUT2D eigenvalue weighted by Gasteiger charge is -2.03. The first-order valence-corrected chi connectivity index (χ1v) is 8.20. The molecule has 0 unspecified atom stereocenters. The first-order chi connectivity index (χ1) is 13.1. The van der Waals surface area contributed by atoms with E-state index in [4.69, 9.17) is 13.9 Å². The lowest BCUT2D eigenvalue weighted by atomic mass is 10.2. The molecule has 0 bridgehead atoms. The van der Waals surface area contributed by atoms with Gasteiger partial charge in [-0.3, -0.25) is 0 Å². The molecule has 0 amide bonds. The average Bonchev–Trinajstić information content (AvgIpc) is 3.31. The SMILES string of the molecule is COc1ccc(-c2nc(COC(=O)c3nccn4cc(C)nc34)co2)cc1. The van der Waals surface area contributed by atoms with Crippen LogP contribution in [0.3, 0.4) is 0 Å². The summed E-state index contributed by atoms with van der Waals surface area (Å²) < 4.78 is 17.6. The Morgan fingerprint density at radius 3 is 2.81 bits per heavy atom. The molecule has 3 aromatic heterocycles. The van der Waals surface area contributed by atoms with Crippen molar-refractivity contribution in [2.75, 3.05) is 7.11 Å². The Labute approximate surface area is 154 Å². The molecule has 8 nitrogen and oxygen atoms in total. The van der Waals surface area contributed by atoms with Gasteiger partial charge in [0.25, 0.3) is 0 Å². The van der Waals surface area contributed by atoms with E-state index in [2.05, 4.69) is 15.0 Å². The van der Waals surface area contributed by atoms with Gasteiger partial charge in [-0.05, 0) is 31.2 Å². The number of aryl methyl sites for hydroxylation is 1. The summed E-state index contributed by atoms with van der Waals surface area (Å²) in [6, 6.07) is 7.31. The normalized spacial score (nSPS) is 10.9. The third-order valence-corrected chi connectivity index (χ3v) is 3.93. The molecule has 0 fully saturated rings. The van der Waals surface area contributed by atoms with Crippen molar-refractivity contribution in [1.82, 2.24) is 19.4 Å². The highest BCUT2D eigenvalue weighted by Gasteiger charge is 2.17. The minimum Gasteiger partial charge on any atom is -0.497 e. The van der Waals surface area contributed by atoms with Crippen LogP contribution in [0.2, 0.25) is 0 Å². The second-order valence-corrected chi connectivity index (χ2v) is 5.84. The number of benzene rings is 1. The van der Waals surface area contributed by atoms with Crippen molar-refractivity contribution < 1.29 is 18.7 Å². The van der Waals surface area contributed by atoms with Crippen LogP contribution in [0.15, 0.2) is 53.5 Å². The molecular weight excluding hydrogens is 348 g/mol. The zero-order valence-corrected chi connectivity index (χ0v) is 14.7. The number of hydrogen-bond acceptors (Lipinski definition) is 7. The molecule has 0 saturated carbocycles. The van der Waals surface area contributed by atoms with Gasteiger partial charge in [-0.2, -0.15) is 0 Å². The largest absolute Gasteiger partial charge is 0.497 e. The highest BCUT2D eigenvalue weighted by molar-refractivity contribution is 5.93. The van der Waals surface area contributed by atoms with Crippen LogP contribution in [0.1, 0.15) is 21.9 Å². The van der Waals surface area contributed by atoms with Crippen LogP contribution in [-0.2, 0) is 11.3 Å². The molecule has 0 N–H and O–H groups in total. The summed E-state index contributed by atoms with van der Waals surface area (Å²) in [5, 5.41) is 0. The molecule has 136 valence electrons. The number of nitrogens with zero attached hydrogens (tertiary/aromatic N) is 4. The van der Waals surface area contributed by atoms with Crippen molar-refractivity contribution in [1.29, 1.82) is 0 Å². The van der Waals surface area contributed by atoms with E-state index in [-0.39, 0.29) is 12.3 Å². The van der Waals surface area contributed by atoms with Gasteiger partial charge in [-0.25, -0.2) is 19.7 Å². The summed E-state index contributed by atoms with van der Waals surface area (Å²) in [4.78, 5) is 25.1. The Balaban J connectivity index is 1.47. The first-order valence-electron chi connectivity index (χ1n) is 8.20. The maximum Gasteiger partial charge on any atom is 0.361 e. The zero-order chi connectivity index (χ0) is 18.8. The monoisotopic (exact) mass is 364 g/mol. The van der Waals surface area contributed by atoms with E-state index in [1.807, 2.05) is 37.4 Å². The molecule has 0 atom stereocenters. The van der Waals surface area contributed by atoms with Gasteiger partial charge in [-0.15, -0.1) is 0 Å².